The highest BCUT2D eigenvalue weighted by Crippen LogP contribution is 2.38. The predicted molar refractivity (Wildman–Crippen MR) is 94.6 cm³/mol. The molecule has 1 atom stereocenters. The van der Waals surface area contributed by atoms with Crippen molar-refractivity contribution in [3.05, 3.63) is 77.4 Å². The second-order valence-corrected chi connectivity index (χ2v) is 6.07. The van der Waals surface area contributed by atoms with E-state index in [1.54, 1.807) is 36.4 Å². The number of cyclic esters (lactones) is 1. The van der Waals surface area contributed by atoms with E-state index in [0.717, 1.165) is 7.11 Å². The van der Waals surface area contributed by atoms with Crippen molar-refractivity contribution in [2.75, 3.05) is 7.11 Å². The zero-order valence-corrected chi connectivity index (χ0v) is 14.8. The number of hydrogen-bond donors (Lipinski definition) is 0. The highest BCUT2D eigenvalue weighted by Gasteiger charge is 2.59. The van der Waals surface area contributed by atoms with E-state index in [1.165, 1.54) is 24.3 Å². The number of benzene rings is 2. The van der Waals surface area contributed by atoms with Crippen molar-refractivity contribution < 1.29 is 33.8 Å². The number of ether oxygens (including phenoxy) is 2. The normalized spacial score (nSPS) is 20.5. The molecule has 0 N–H and O–H groups in total. The van der Waals surface area contributed by atoms with Gasteiger partial charge in [0.25, 0.3) is 5.78 Å². The first-order valence-corrected chi connectivity index (χ1v) is 8.32. The molecule has 7 heteroatoms. The second kappa shape index (κ2) is 7.48. The molecule has 1 heterocycles. The first kappa shape index (κ1) is 19.0. The molecule has 0 radical (unpaired) electrons. The molecular weight excluding hydrogens is 364 g/mol. The zero-order valence-electron chi connectivity index (χ0n) is 14.8. The molecule has 1 unspecified atom stereocenters. The molecule has 2 aromatic rings. The van der Waals surface area contributed by atoms with E-state index in [9.17, 15) is 24.3 Å². The summed E-state index contributed by atoms with van der Waals surface area (Å²) in [6.45, 7) is 0. The molecule has 0 saturated carbocycles. The summed E-state index contributed by atoms with van der Waals surface area (Å²) in [5.74, 6) is -5.28. The average Bonchev–Trinajstić information content (AvgIpc) is 2.98. The number of esters is 2. The molecule has 0 spiro atoms. The maximum Gasteiger partial charge on any atom is 0.380 e. The Morgan fingerprint density at radius 1 is 0.964 bits per heavy atom. The molecular formula is C21H15O7-. The highest BCUT2D eigenvalue weighted by molar-refractivity contribution is 6.46. The first-order valence-electron chi connectivity index (χ1n) is 8.32. The fourth-order valence-corrected chi connectivity index (χ4v) is 3.02. The van der Waals surface area contributed by atoms with E-state index in [0.29, 0.717) is 0 Å². The van der Waals surface area contributed by atoms with Gasteiger partial charge in [-0.25, -0.2) is 9.59 Å². The van der Waals surface area contributed by atoms with Gasteiger partial charge in [0.1, 0.15) is 0 Å². The van der Waals surface area contributed by atoms with Crippen molar-refractivity contribution >= 4 is 29.3 Å². The van der Waals surface area contributed by atoms with Gasteiger partial charge in [0.05, 0.1) is 19.1 Å². The number of rotatable bonds is 5. The van der Waals surface area contributed by atoms with Crippen molar-refractivity contribution in [1.29, 1.82) is 0 Å². The topological polar surface area (TPSA) is 110 Å². The lowest BCUT2D eigenvalue weighted by Crippen LogP contribution is -2.44. The Balaban J connectivity index is 2.17. The van der Waals surface area contributed by atoms with Crippen LogP contribution in [0.15, 0.2) is 66.2 Å². The maximum atomic E-state index is 12.9. The summed E-state index contributed by atoms with van der Waals surface area (Å²) in [7, 11) is 1.01. The van der Waals surface area contributed by atoms with Gasteiger partial charge in [0.15, 0.2) is 5.78 Å². The van der Waals surface area contributed by atoms with E-state index in [2.05, 4.69) is 0 Å². The minimum Gasteiger partial charge on any atom is -0.872 e. The number of methoxy groups -OCH3 is 1. The van der Waals surface area contributed by atoms with E-state index in [-0.39, 0.29) is 11.1 Å². The van der Waals surface area contributed by atoms with Gasteiger partial charge in [-0.15, -0.1) is 0 Å². The number of hydrogen-bond acceptors (Lipinski definition) is 7. The fraction of sp³-hybridized carbons (Fsp3) is 0.143. The molecule has 0 bridgehead atoms. The second-order valence-electron chi connectivity index (χ2n) is 6.07. The van der Waals surface area contributed by atoms with Crippen molar-refractivity contribution in [1.82, 2.24) is 0 Å². The minimum absolute atomic E-state index is 0.0737. The summed E-state index contributed by atoms with van der Waals surface area (Å²) in [4.78, 5) is 49.7. The highest BCUT2D eigenvalue weighted by atomic mass is 16.6. The van der Waals surface area contributed by atoms with Crippen molar-refractivity contribution in [2.45, 2.75) is 12.0 Å². The summed E-state index contributed by atoms with van der Waals surface area (Å²) in [6.07, 6.45) is -0.727. The summed E-state index contributed by atoms with van der Waals surface area (Å²) < 4.78 is 9.71. The first-order chi connectivity index (χ1) is 13.4. The molecule has 0 aromatic heterocycles. The molecule has 1 aliphatic heterocycles. The van der Waals surface area contributed by atoms with Crippen LogP contribution in [-0.4, -0.2) is 36.2 Å². The summed E-state index contributed by atoms with van der Waals surface area (Å²) in [6, 6.07) is 15.6. The Morgan fingerprint density at radius 2 is 1.50 bits per heavy atom. The molecule has 2 aromatic carbocycles. The van der Waals surface area contributed by atoms with Crippen molar-refractivity contribution in [2.24, 2.45) is 0 Å². The zero-order chi connectivity index (χ0) is 20.3. The van der Waals surface area contributed by atoms with Crippen LogP contribution in [0.25, 0.3) is 5.76 Å². The van der Waals surface area contributed by atoms with Crippen LogP contribution < -0.4 is 5.11 Å². The van der Waals surface area contributed by atoms with Crippen LogP contribution in [0.4, 0.5) is 0 Å². The minimum atomic E-state index is -2.43. The monoisotopic (exact) mass is 379 g/mol. The van der Waals surface area contributed by atoms with Crippen LogP contribution in [0.5, 0.6) is 0 Å². The molecule has 142 valence electrons. The summed E-state index contributed by atoms with van der Waals surface area (Å²) in [5.41, 5.74) is -2.85. The van der Waals surface area contributed by atoms with Crippen LogP contribution in [-0.2, 0) is 23.9 Å². The number of ketones is 2. The third kappa shape index (κ3) is 3.18. The van der Waals surface area contributed by atoms with Crippen LogP contribution >= 0.6 is 0 Å². The summed E-state index contributed by atoms with van der Waals surface area (Å²) >= 11 is 0. The number of carbonyl (C=O) groups excluding carboxylic acids is 4. The number of carbonyl (C=O) groups is 4. The summed E-state index contributed by atoms with van der Waals surface area (Å²) in [5, 5.41) is 12.9. The Hall–Kier alpha value is -3.74. The van der Waals surface area contributed by atoms with E-state index in [4.69, 9.17) is 9.47 Å². The van der Waals surface area contributed by atoms with Gasteiger partial charge in [-0.05, 0) is 5.56 Å². The largest absolute Gasteiger partial charge is 0.872 e. The Bertz CT molecular complexity index is 976. The van der Waals surface area contributed by atoms with Crippen LogP contribution in [0.2, 0.25) is 0 Å². The van der Waals surface area contributed by atoms with E-state index in [1.807, 2.05) is 0 Å². The van der Waals surface area contributed by atoms with Gasteiger partial charge >= 0.3 is 11.9 Å². The molecule has 3 rings (SSSR count). The van der Waals surface area contributed by atoms with Crippen molar-refractivity contribution in [3.8, 4) is 0 Å². The van der Waals surface area contributed by atoms with Gasteiger partial charge in [0, 0.05) is 5.56 Å². The average molecular weight is 379 g/mol. The number of Topliss-reactive ketones (excluding diaryl/α,β-unsaturated/α-hetero) is 2. The molecule has 0 aliphatic carbocycles. The van der Waals surface area contributed by atoms with E-state index < -0.39 is 46.9 Å². The fourth-order valence-electron chi connectivity index (χ4n) is 3.02. The Kier molecular flexibility index (Phi) is 5.08. The quantitative estimate of drug-likeness (QED) is 0.251. The Morgan fingerprint density at radius 3 is 2.04 bits per heavy atom. The van der Waals surface area contributed by atoms with Gasteiger partial charge < -0.3 is 14.6 Å². The Labute approximate surface area is 160 Å². The van der Waals surface area contributed by atoms with Crippen LogP contribution in [0.3, 0.4) is 0 Å². The molecule has 1 fully saturated rings. The van der Waals surface area contributed by atoms with E-state index >= 15 is 0 Å². The lowest BCUT2D eigenvalue weighted by atomic mass is 9.84. The lowest BCUT2D eigenvalue weighted by Gasteiger charge is -2.28. The SMILES string of the molecule is COC(=O)C1(CC(=O)c2ccccc2)OC(=O)C(=O)C1=C([O-])c1ccccc1. The van der Waals surface area contributed by atoms with Crippen LogP contribution in [0.1, 0.15) is 22.3 Å². The van der Waals surface area contributed by atoms with Gasteiger partial charge in [-0.2, -0.15) is 0 Å². The van der Waals surface area contributed by atoms with Gasteiger partial charge in [-0.1, -0.05) is 66.4 Å². The molecule has 0 amide bonds. The molecule has 1 aliphatic rings. The lowest BCUT2D eigenvalue weighted by molar-refractivity contribution is -0.246. The van der Waals surface area contributed by atoms with Gasteiger partial charge in [0.2, 0.25) is 5.60 Å². The standard InChI is InChI=1S/C21H16O7/c1-27-20(26)21(12-15(22)13-8-4-2-5-9-13)16(18(24)19(25)28-21)17(23)14-10-6-3-7-11-14/h2-11,23H,12H2,1H3/p-1. The van der Waals surface area contributed by atoms with Crippen LogP contribution in [0, 0.1) is 0 Å². The maximum absolute atomic E-state index is 12.9. The van der Waals surface area contributed by atoms with Gasteiger partial charge in [-0.3, -0.25) is 9.59 Å². The molecule has 28 heavy (non-hydrogen) atoms. The molecule has 7 nitrogen and oxygen atoms in total. The third-order valence-corrected chi connectivity index (χ3v) is 4.37. The molecule has 1 saturated heterocycles. The predicted octanol–water partition coefficient (Wildman–Crippen LogP) is 1.07. The third-order valence-electron chi connectivity index (χ3n) is 4.37. The van der Waals surface area contributed by atoms with Crippen molar-refractivity contribution in [3.63, 3.8) is 0 Å². The smallest absolute Gasteiger partial charge is 0.380 e.